The van der Waals surface area contributed by atoms with Crippen molar-refractivity contribution in [3.8, 4) is 10.9 Å². The number of aromatic nitrogens is 2. The van der Waals surface area contributed by atoms with E-state index in [1.807, 2.05) is 0 Å². The van der Waals surface area contributed by atoms with E-state index in [1.165, 1.54) is 24.3 Å². The minimum absolute atomic E-state index is 0.0339. The molecule has 3 rings (SSSR count). The van der Waals surface area contributed by atoms with Crippen molar-refractivity contribution in [2.75, 3.05) is 0 Å². The monoisotopic (exact) mass is 343 g/mol. The third-order valence-corrected chi connectivity index (χ3v) is 3.98. The van der Waals surface area contributed by atoms with Crippen LogP contribution >= 0.6 is 11.5 Å². The zero-order valence-electron chi connectivity index (χ0n) is 12.7. The molecule has 5 nitrogen and oxygen atoms in total. The molecule has 3 aromatic rings. The molecule has 0 atom stereocenters. The third kappa shape index (κ3) is 3.75. The summed E-state index contributed by atoms with van der Waals surface area (Å²) < 4.78 is 22.7. The van der Waals surface area contributed by atoms with Crippen LogP contribution in [0.3, 0.4) is 0 Å². The fraction of sp³-hybridized carbons (Fsp3) is 0.118. The van der Waals surface area contributed by atoms with Gasteiger partial charge in [0.15, 0.2) is 5.82 Å². The van der Waals surface area contributed by atoms with Crippen LogP contribution in [-0.4, -0.2) is 15.3 Å². The molecule has 0 amide bonds. The zero-order chi connectivity index (χ0) is 17.1. The number of carboxylic acid groups (broad SMARTS) is 1. The number of hydrogen-bond donors (Lipinski definition) is 0. The maximum Gasteiger partial charge on any atom is 0.298 e. The lowest BCUT2D eigenvalue weighted by atomic mass is 10.1. The Bertz CT molecular complexity index is 878. The Labute approximate surface area is 141 Å². The van der Waals surface area contributed by atoms with Crippen molar-refractivity contribution in [2.24, 2.45) is 0 Å². The summed E-state index contributed by atoms with van der Waals surface area (Å²) >= 11 is 1.07. The molecule has 0 aliphatic rings. The molecule has 1 heterocycles. The van der Waals surface area contributed by atoms with E-state index in [4.69, 9.17) is 4.74 Å². The number of ether oxygens (including phenoxy) is 1. The van der Waals surface area contributed by atoms with Crippen LogP contribution in [0.15, 0.2) is 42.5 Å². The number of carbonyl (C=O) groups is 1. The van der Waals surface area contributed by atoms with Gasteiger partial charge in [0, 0.05) is 23.5 Å². The van der Waals surface area contributed by atoms with Gasteiger partial charge in [-0.25, -0.2) is 4.39 Å². The van der Waals surface area contributed by atoms with Gasteiger partial charge in [0.2, 0.25) is 0 Å². The summed E-state index contributed by atoms with van der Waals surface area (Å²) in [4.78, 5) is 15.2. The molecule has 122 valence electrons. The fourth-order valence-electron chi connectivity index (χ4n) is 2.07. The largest absolute Gasteiger partial charge is 0.545 e. The predicted molar refractivity (Wildman–Crippen MR) is 84.7 cm³/mol. The number of carbonyl (C=O) groups excluding carboxylic acids is 1. The van der Waals surface area contributed by atoms with Gasteiger partial charge in [0.05, 0.1) is 5.97 Å². The lowest BCUT2D eigenvalue weighted by molar-refractivity contribution is -0.255. The summed E-state index contributed by atoms with van der Waals surface area (Å²) in [7, 11) is 0. The van der Waals surface area contributed by atoms with Crippen molar-refractivity contribution >= 4 is 17.5 Å². The van der Waals surface area contributed by atoms with Crippen LogP contribution in [0.5, 0.6) is 10.9 Å². The maximum absolute atomic E-state index is 12.9. The second kappa shape index (κ2) is 6.76. The Kier molecular flexibility index (Phi) is 4.52. The second-order valence-electron chi connectivity index (χ2n) is 5.15. The number of halogens is 1. The Hall–Kier alpha value is -2.80. The van der Waals surface area contributed by atoms with Gasteiger partial charge in [-0.3, -0.25) is 0 Å². The van der Waals surface area contributed by atoms with Gasteiger partial charge in [0.25, 0.3) is 5.19 Å². The summed E-state index contributed by atoms with van der Waals surface area (Å²) in [6.07, 6.45) is 0.457. The molecule has 24 heavy (non-hydrogen) atoms. The summed E-state index contributed by atoms with van der Waals surface area (Å²) in [6, 6.07) is 10.6. The zero-order valence-corrected chi connectivity index (χ0v) is 13.5. The molecule has 0 N–H and O–H groups in total. The third-order valence-electron chi connectivity index (χ3n) is 3.35. The van der Waals surface area contributed by atoms with Crippen LogP contribution in [-0.2, 0) is 6.42 Å². The Morgan fingerprint density at radius 3 is 2.71 bits per heavy atom. The summed E-state index contributed by atoms with van der Waals surface area (Å²) in [5.74, 6) is -0.622. The van der Waals surface area contributed by atoms with Crippen LogP contribution in [0.25, 0.3) is 0 Å². The molecule has 7 heteroatoms. The number of aromatic carboxylic acids is 1. The van der Waals surface area contributed by atoms with Crippen LogP contribution in [0, 0.1) is 12.7 Å². The van der Waals surface area contributed by atoms with Gasteiger partial charge in [0.1, 0.15) is 11.6 Å². The highest BCUT2D eigenvalue weighted by Gasteiger charge is 2.10. The fourth-order valence-corrected chi connectivity index (χ4v) is 2.63. The lowest BCUT2D eigenvalue weighted by Gasteiger charge is -2.08. The summed E-state index contributed by atoms with van der Waals surface area (Å²) in [5.41, 5.74) is 1.69. The van der Waals surface area contributed by atoms with Crippen LogP contribution in [0.1, 0.15) is 27.3 Å². The van der Waals surface area contributed by atoms with Crippen molar-refractivity contribution in [1.29, 1.82) is 0 Å². The highest BCUT2D eigenvalue weighted by atomic mass is 32.1. The van der Waals surface area contributed by atoms with E-state index >= 15 is 0 Å². The van der Waals surface area contributed by atoms with E-state index < -0.39 is 5.97 Å². The number of nitrogens with zero attached hydrogens (tertiary/aromatic N) is 2. The van der Waals surface area contributed by atoms with Crippen molar-refractivity contribution in [1.82, 2.24) is 9.36 Å². The van der Waals surface area contributed by atoms with Gasteiger partial charge in [-0.05, 0) is 36.2 Å². The molecule has 0 saturated heterocycles. The van der Waals surface area contributed by atoms with E-state index in [9.17, 15) is 14.3 Å². The Balaban J connectivity index is 1.75. The SMILES string of the molecule is Cc1ccc(C(=O)[O-])cc1Oc1nc(Cc2ccc(F)cc2)ns1. The van der Waals surface area contributed by atoms with Gasteiger partial charge in [-0.2, -0.15) is 9.36 Å². The summed E-state index contributed by atoms with van der Waals surface area (Å²) in [6.45, 7) is 1.80. The minimum Gasteiger partial charge on any atom is -0.545 e. The number of hydrogen-bond acceptors (Lipinski definition) is 6. The van der Waals surface area contributed by atoms with Gasteiger partial charge in [-0.1, -0.05) is 24.3 Å². The molecular formula is C17H12FN2O3S-. The molecule has 0 saturated carbocycles. The van der Waals surface area contributed by atoms with Crippen LogP contribution in [0.2, 0.25) is 0 Å². The van der Waals surface area contributed by atoms with E-state index in [0.29, 0.717) is 23.2 Å². The van der Waals surface area contributed by atoms with E-state index in [0.717, 1.165) is 22.7 Å². The molecule has 0 aliphatic carbocycles. The van der Waals surface area contributed by atoms with Crippen LogP contribution < -0.4 is 9.84 Å². The van der Waals surface area contributed by atoms with Gasteiger partial charge in [-0.15, -0.1) is 0 Å². The topological polar surface area (TPSA) is 75.1 Å². The number of rotatable bonds is 5. The quantitative estimate of drug-likeness (QED) is 0.712. The number of carboxylic acids is 1. The molecule has 0 spiro atoms. The van der Waals surface area contributed by atoms with Crippen molar-refractivity contribution < 1.29 is 19.0 Å². The Morgan fingerprint density at radius 1 is 1.25 bits per heavy atom. The second-order valence-corrected chi connectivity index (χ2v) is 5.86. The lowest BCUT2D eigenvalue weighted by Crippen LogP contribution is -2.22. The van der Waals surface area contributed by atoms with E-state index in [1.54, 1.807) is 25.1 Å². The van der Waals surface area contributed by atoms with Crippen molar-refractivity contribution in [3.05, 3.63) is 70.8 Å². The van der Waals surface area contributed by atoms with Crippen molar-refractivity contribution in [2.45, 2.75) is 13.3 Å². The van der Waals surface area contributed by atoms with Crippen molar-refractivity contribution in [3.63, 3.8) is 0 Å². The number of aryl methyl sites for hydroxylation is 1. The highest BCUT2D eigenvalue weighted by molar-refractivity contribution is 7.07. The molecule has 0 bridgehead atoms. The smallest absolute Gasteiger partial charge is 0.298 e. The molecule has 0 fully saturated rings. The normalized spacial score (nSPS) is 10.6. The molecule has 2 aromatic carbocycles. The highest BCUT2D eigenvalue weighted by Crippen LogP contribution is 2.27. The molecular weight excluding hydrogens is 331 g/mol. The summed E-state index contributed by atoms with van der Waals surface area (Å²) in [5, 5.41) is 11.2. The number of benzene rings is 2. The maximum atomic E-state index is 12.9. The predicted octanol–water partition coefficient (Wildman–Crippen LogP) is 2.73. The minimum atomic E-state index is -1.27. The first-order valence-electron chi connectivity index (χ1n) is 7.08. The standard InChI is InChI=1S/C17H13FN2O3S/c1-10-2-5-12(16(21)22)9-14(10)23-17-19-15(20-24-17)8-11-3-6-13(18)7-4-11/h2-7,9H,8H2,1H3,(H,21,22)/p-1. The van der Waals surface area contributed by atoms with Crippen LogP contribution in [0.4, 0.5) is 4.39 Å². The molecule has 1 aromatic heterocycles. The first-order valence-corrected chi connectivity index (χ1v) is 7.85. The molecule has 0 aliphatic heterocycles. The first-order chi connectivity index (χ1) is 11.5. The van der Waals surface area contributed by atoms with Gasteiger partial charge < -0.3 is 14.6 Å². The molecule has 0 radical (unpaired) electrons. The van der Waals surface area contributed by atoms with E-state index in [-0.39, 0.29) is 11.4 Å². The molecule has 0 unspecified atom stereocenters. The average molecular weight is 343 g/mol. The Morgan fingerprint density at radius 2 is 2.00 bits per heavy atom. The average Bonchev–Trinajstić information content (AvgIpc) is 2.98. The first kappa shape index (κ1) is 16.1. The van der Waals surface area contributed by atoms with Gasteiger partial charge >= 0.3 is 0 Å². The van der Waals surface area contributed by atoms with E-state index in [2.05, 4.69) is 9.36 Å².